The van der Waals surface area contributed by atoms with E-state index in [-0.39, 0.29) is 5.75 Å². The Morgan fingerprint density at radius 2 is 2.00 bits per heavy atom. The second-order valence-electron chi connectivity index (χ2n) is 4.25. The molecule has 0 atom stereocenters. The van der Waals surface area contributed by atoms with E-state index in [1.165, 1.54) is 24.0 Å². The molecule has 0 aliphatic carbocycles. The molecule has 0 aliphatic heterocycles. The van der Waals surface area contributed by atoms with Gasteiger partial charge in [0.15, 0.2) is 5.17 Å². The van der Waals surface area contributed by atoms with Gasteiger partial charge in [-0.1, -0.05) is 53.7 Å². The van der Waals surface area contributed by atoms with Crippen LogP contribution in [0.3, 0.4) is 0 Å². The average Bonchev–Trinajstić information content (AvgIpc) is 2.53. The first-order valence-corrected chi connectivity index (χ1v) is 8.44. The molecule has 0 saturated carbocycles. The first-order chi connectivity index (χ1) is 10.6. The predicted octanol–water partition coefficient (Wildman–Crippen LogP) is 4.39. The van der Waals surface area contributed by atoms with Gasteiger partial charge in [0.2, 0.25) is 0 Å². The Kier molecular flexibility index (Phi) is 6.30. The fourth-order valence-electron chi connectivity index (χ4n) is 1.58. The molecule has 0 spiro atoms. The molecule has 0 heterocycles. The Morgan fingerprint density at radius 3 is 2.73 bits per heavy atom. The standard InChI is InChI=1S/C15H13BrClN3OS/c16-14-11(13(21)7-6-12(14)17)8-19-20-15(18)22-9-10-4-2-1-3-5-10/h1-8,21H,9H2,(H2,18,20). The van der Waals surface area contributed by atoms with Gasteiger partial charge in [0.25, 0.3) is 0 Å². The summed E-state index contributed by atoms with van der Waals surface area (Å²) in [4.78, 5) is 0. The van der Waals surface area contributed by atoms with Gasteiger partial charge in [-0.15, -0.1) is 5.10 Å². The highest BCUT2D eigenvalue weighted by atomic mass is 79.9. The maximum absolute atomic E-state index is 9.77. The van der Waals surface area contributed by atoms with Crippen LogP contribution >= 0.6 is 39.3 Å². The summed E-state index contributed by atoms with van der Waals surface area (Å²) in [6.07, 6.45) is 1.40. The average molecular weight is 399 g/mol. The molecule has 2 aromatic carbocycles. The number of nitrogens with two attached hydrogens (primary N) is 1. The number of halogens is 2. The lowest BCUT2D eigenvalue weighted by Gasteiger charge is -2.03. The van der Waals surface area contributed by atoms with Crippen molar-refractivity contribution in [1.82, 2.24) is 0 Å². The second kappa shape index (κ2) is 8.22. The predicted molar refractivity (Wildman–Crippen MR) is 97.8 cm³/mol. The Bertz CT molecular complexity index is 707. The number of amidine groups is 1. The van der Waals surface area contributed by atoms with Crippen LogP contribution in [0.15, 0.2) is 57.1 Å². The molecule has 0 bridgehead atoms. The molecule has 0 unspecified atom stereocenters. The third kappa shape index (κ3) is 4.76. The smallest absolute Gasteiger partial charge is 0.180 e. The number of rotatable bonds is 4. The SMILES string of the molecule is NC(=NN=Cc1c(O)ccc(Cl)c1Br)SCc1ccccc1. The monoisotopic (exact) mass is 397 g/mol. The van der Waals surface area contributed by atoms with Crippen LogP contribution in [0, 0.1) is 0 Å². The van der Waals surface area contributed by atoms with E-state index in [0.29, 0.717) is 20.2 Å². The molecule has 0 radical (unpaired) electrons. The largest absolute Gasteiger partial charge is 0.507 e. The van der Waals surface area contributed by atoms with Crippen LogP contribution in [0.5, 0.6) is 5.75 Å². The molecule has 2 rings (SSSR count). The molecule has 22 heavy (non-hydrogen) atoms. The number of benzene rings is 2. The summed E-state index contributed by atoms with van der Waals surface area (Å²) < 4.78 is 0.559. The van der Waals surface area contributed by atoms with Gasteiger partial charge in [0.1, 0.15) is 5.75 Å². The first kappa shape index (κ1) is 16.9. The molecule has 114 valence electrons. The number of thioether (sulfide) groups is 1. The molecule has 0 amide bonds. The van der Waals surface area contributed by atoms with Gasteiger partial charge in [-0.3, -0.25) is 0 Å². The van der Waals surface area contributed by atoms with E-state index in [0.717, 1.165) is 11.3 Å². The van der Waals surface area contributed by atoms with Gasteiger partial charge in [-0.25, -0.2) is 0 Å². The highest BCUT2D eigenvalue weighted by molar-refractivity contribution is 9.10. The lowest BCUT2D eigenvalue weighted by Crippen LogP contribution is -2.06. The zero-order valence-corrected chi connectivity index (χ0v) is 14.6. The molecular formula is C15H13BrClN3OS. The van der Waals surface area contributed by atoms with Crippen molar-refractivity contribution in [2.45, 2.75) is 5.75 Å². The van der Waals surface area contributed by atoms with E-state index in [4.69, 9.17) is 17.3 Å². The summed E-state index contributed by atoms with van der Waals surface area (Å²) >= 11 is 10.6. The molecule has 2 aromatic rings. The van der Waals surface area contributed by atoms with E-state index in [9.17, 15) is 5.11 Å². The van der Waals surface area contributed by atoms with Crippen LogP contribution in [0.1, 0.15) is 11.1 Å². The van der Waals surface area contributed by atoms with Crippen LogP contribution in [-0.2, 0) is 5.75 Å². The van der Waals surface area contributed by atoms with E-state index in [2.05, 4.69) is 26.1 Å². The van der Waals surface area contributed by atoms with E-state index >= 15 is 0 Å². The molecule has 3 N–H and O–H groups in total. The number of aromatic hydroxyl groups is 1. The van der Waals surface area contributed by atoms with Gasteiger partial charge in [-0.05, 0) is 33.6 Å². The molecule has 0 saturated heterocycles. The van der Waals surface area contributed by atoms with Crippen molar-refractivity contribution in [3.63, 3.8) is 0 Å². The van der Waals surface area contributed by atoms with Gasteiger partial charge in [0, 0.05) is 10.2 Å². The Balaban J connectivity index is 2.00. The second-order valence-corrected chi connectivity index (χ2v) is 6.45. The summed E-state index contributed by atoms with van der Waals surface area (Å²) in [6, 6.07) is 13.0. The zero-order valence-electron chi connectivity index (χ0n) is 11.4. The Hall–Kier alpha value is -1.50. The number of hydrogen-bond donors (Lipinski definition) is 2. The maximum Gasteiger partial charge on any atom is 0.180 e. The summed E-state index contributed by atoms with van der Waals surface area (Å²) in [5.41, 5.74) is 7.40. The van der Waals surface area contributed by atoms with Crippen LogP contribution in [0.4, 0.5) is 0 Å². The highest BCUT2D eigenvalue weighted by Crippen LogP contribution is 2.31. The number of nitrogens with zero attached hydrogens (tertiary/aromatic N) is 2. The fourth-order valence-corrected chi connectivity index (χ4v) is 2.80. The molecule has 0 aromatic heterocycles. The van der Waals surface area contributed by atoms with Crippen LogP contribution in [0.25, 0.3) is 0 Å². The fraction of sp³-hybridized carbons (Fsp3) is 0.0667. The summed E-state index contributed by atoms with van der Waals surface area (Å²) in [5.74, 6) is 0.781. The van der Waals surface area contributed by atoms with Crippen molar-refractivity contribution in [2.75, 3.05) is 0 Å². The normalized spacial score (nSPS) is 12.0. The van der Waals surface area contributed by atoms with Gasteiger partial charge in [-0.2, -0.15) is 5.10 Å². The van der Waals surface area contributed by atoms with E-state index in [1.807, 2.05) is 30.3 Å². The van der Waals surface area contributed by atoms with Crippen molar-refractivity contribution in [3.05, 3.63) is 63.1 Å². The van der Waals surface area contributed by atoms with Crippen LogP contribution in [0.2, 0.25) is 5.02 Å². The minimum absolute atomic E-state index is 0.0609. The topological polar surface area (TPSA) is 71.0 Å². The van der Waals surface area contributed by atoms with Crippen molar-refractivity contribution in [3.8, 4) is 5.75 Å². The van der Waals surface area contributed by atoms with Gasteiger partial charge >= 0.3 is 0 Å². The highest BCUT2D eigenvalue weighted by Gasteiger charge is 2.07. The summed E-state index contributed by atoms with van der Waals surface area (Å²) in [7, 11) is 0. The Morgan fingerprint density at radius 1 is 1.27 bits per heavy atom. The molecule has 7 heteroatoms. The zero-order chi connectivity index (χ0) is 15.9. The molecule has 0 aliphatic rings. The maximum atomic E-state index is 9.77. The van der Waals surface area contributed by atoms with Crippen LogP contribution in [-0.4, -0.2) is 16.5 Å². The molecule has 0 fully saturated rings. The third-order valence-corrected chi connectivity index (χ3v) is 4.93. The summed E-state index contributed by atoms with van der Waals surface area (Å²) in [5, 5.41) is 18.4. The quantitative estimate of drug-likeness (QED) is 0.456. The van der Waals surface area contributed by atoms with Crippen molar-refractivity contribution >= 4 is 50.7 Å². The molecular weight excluding hydrogens is 386 g/mol. The minimum Gasteiger partial charge on any atom is -0.507 e. The number of hydrogen-bond acceptors (Lipinski definition) is 4. The molecule has 4 nitrogen and oxygen atoms in total. The first-order valence-electron chi connectivity index (χ1n) is 6.28. The van der Waals surface area contributed by atoms with Gasteiger partial charge < -0.3 is 10.8 Å². The summed E-state index contributed by atoms with van der Waals surface area (Å²) in [6.45, 7) is 0. The number of phenolic OH excluding ortho intramolecular Hbond substituents is 1. The van der Waals surface area contributed by atoms with E-state index in [1.54, 1.807) is 6.07 Å². The van der Waals surface area contributed by atoms with Gasteiger partial charge in [0.05, 0.1) is 16.8 Å². The van der Waals surface area contributed by atoms with Crippen LogP contribution < -0.4 is 5.73 Å². The minimum atomic E-state index is 0.0609. The number of phenols is 1. The lowest BCUT2D eigenvalue weighted by atomic mass is 10.2. The van der Waals surface area contributed by atoms with Crippen molar-refractivity contribution in [2.24, 2.45) is 15.9 Å². The Labute approximate surface area is 146 Å². The third-order valence-electron chi connectivity index (χ3n) is 2.68. The lowest BCUT2D eigenvalue weighted by molar-refractivity contribution is 0.474. The van der Waals surface area contributed by atoms with Crippen molar-refractivity contribution in [1.29, 1.82) is 0 Å². The van der Waals surface area contributed by atoms with E-state index < -0.39 is 0 Å². The van der Waals surface area contributed by atoms with Crippen molar-refractivity contribution < 1.29 is 5.11 Å².